The molecule has 0 bridgehead atoms. The van der Waals surface area contributed by atoms with Gasteiger partial charge < -0.3 is 10.1 Å². The van der Waals surface area contributed by atoms with E-state index in [1.54, 1.807) is 0 Å². The molecule has 0 spiro atoms. The summed E-state index contributed by atoms with van der Waals surface area (Å²) in [5.41, 5.74) is 1.92. The maximum Gasteiger partial charge on any atom is 0.126 e. The molecule has 1 aliphatic rings. The summed E-state index contributed by atoms with van der Waals surface area (Å²) in [6.07, 6.45) is 2.15. The molecule has 1 N–H and O–H groups in total. The highest BCUT2D eigenvalue weighted by Gasteiger charge is 2.15. The smallest absolute Gasteiger partial charge is 0.126 e. The topological polar surface area (TPSA) is 50.3 Å². The summed E-state index contributed by atoms with van der Waals surface area (Å²) >= 11 is 0. The second kappa shape index (κ2) is 6.71. The first-order valence-electron chi connectivity index (χ1n) is 8.52. The highest BCUT2D eigenvalue weighted by Crippen LogP contribution is 2.23. The normalized spacial score (nSPS) is 19.0. The van der Waals surface area contributed by atoms with Crippen LogP contribution in [0.2, 0.25) is 0 Å². The summed E-state index contributed by atoms with van der Waals surface area (Å²) in [5.74, 6) is 0.905. The Morgan fingerprint density at radius 1 is 1.17 bits per heavy atom. The largest absolute Gasteiger partial charge is 0.376 e. The van der Waals surface area contributed by atoms with E-state index in [4.69, 9.17) is 9.72 Å². The lowest BCUT2D eigenvalue weighted by atomic mass is 10.1. The van der Waals surface area contributed by atoms with Crippen molar-refractivity contribution < 1.29 is 4.74 Å². The Bertz CT molecular complexity index is 851. The number of rotatable bonds is 4. The lowest BCUT2D eigenvalue weighted by molar-refractivity contribution is -0.0166. The van der Waals surface area contributed by atoms with Crippen molar-refractivity contribution in [3.63, 3.8) is 0 Å². The minimum absolute atomic E-state index is 0.329. The lowest BCUT2D eigenvalue weighted by Crippen LogP contribution is -2.43. The number of hydrogen-bond donors (Lipinski definition) is 1. The van der Waals surface area contributed by atoms with Crippen molar-refractivity contribution >= 4 is 27.6 Å². The highest BCUT2D eigenvalue weighted by atomic mass is 16.5. The van der Waals surface area contributed by atoms with Gasteiger partial charge in [-0.2, -0.15) is 0 Å². The molecule has 5 heteroatoms. The van der Waals surface area contributed by atoms with Crippen molar-refractivity contribution in [2.24, 2.45) is 0 Å². The van der Waals surface area contributed by atoms with E-state index in [0.717, 1.165) is 60.4 Å². The molecular weight excluding hydrogens is 300 g/mol. The number of nitrogens with zero attached hydrogens (tertiary/aromatic N) is 3. The van der Waals surface area contributed by atoms with Crippen LogP contribution >= 0.6 is 0 Å². The van der Waals surface area contributed by atoms with Crippen molar-refractivity contribution in [3.8, 4) is 0 Å². The molecule has 2 aromatic heterocycles. The standard InChI is InChI=1S/C19H22N4O/c1-14-13-23(11-12-24-14)10-9-20-17-7-6-16-5-4-15-3-2-8-21-18(15)19(16)22-17/h2-8,14H,9-13H2,1H3,(H,20,22). The van der Waals surface area contributed by atoms with E-state index in [1.807, 2.05) is 18.3 Å². The molecule has 3 heterocycles. The lowest BCUT2D eigenvalue weighted by Gasteiger charge is -2.31. The number of hydrogen-bond acceptors (Lipinski definition) is 5. The first kappa shape index (κ1) is 15.3. The molecule has 24 heavy (non-hydrogen) atoms. The fourth-order valence-electron chi connectivity index (χ4n) is 3.26. The average molecular weight is 322 g/mol. The average Bonchev–Trinajstić information content (AvgIpc) is 2.62. The molecule has 0 aliphatic carbocycles. The fourth-order valence-corrected chi connectivity index (χ4v) is 3.26. The SMILES string of the molecule is CC1CN(CCNc2ccc3ccc4cccnc4c3n2)CCO1. The van der Waals surface area contributed by atoms with Crippen molar-refractivity contribution in [1.82, 2.24) is 14.9 Å². The first-order valence-corrected chi connectivity index (χ1v) is 8.52. The number of anilines is 1. The maximum absolute atomic E-state index is 5.58. The van der Waals surface area contributed by atoms with Crippen LogP contribution in [0, 0.1) is 0 Å². The van der Waals surface area contributed by atoms with Crippen molar-refractivity contribution in [2.45, 2.75) is 13.0 Å². The zero-order valence-corrected chi connectivity index (χ0v) is 13.9. The van der Waals surface area contributed by atoms with Crippen molar-refractivity contribution in [2.75, 3.05) is 38.1 Å². The Kier molecular flexibility index (Phi) is 4.28. The van der Waals surface area contributed by atoms with E-state index in [1.165, 1.54) is 0 Å². The minimum atomic E-state index is 0.329. The third-order valence-corrected chi connectivity index (χ3v) is 4.49. The molecule has 5 nitrogen and oxygen atoms in total. The molecule has 1 aromatic carbocycles. The summed E-state index contributed by atoms with van der Waals surface area (Å²) in [6.45, 7) is 6.84. The summed E-state index contributed by atoms with van der Waals surface area (Å²) in [6, 6.07) is 12.4. The first-order chi connectivity index (χ1) is 11.8. The monoisotopic (exact) mass is 322 g/mol. The molecule has 0 amide bonds. The number of pyridine rings is 2. The number of nitrogens with one attached hydrogen (secondary N) is 1. The molecule has 1 aliphatic heterocycles. The molecular formula is C19H22N4O. The van der Waals surface area contributed by atoms with Gasteiger partial charge >= 0.3 is 0 Å². The van der Waals surface area contributed by atoms with Gasteiger partial charge in [0.25, 0.3) is 0 Å². The van der Waals surface area contributed by atoms with Crippen LogP contribution in [0.5, 0.6) is 0 Å². The molecule has 1 unspecified atom stereocenters. The number of aromatic nitrogens is 2. The molecule has 1 atom stereocenters. The van der Waals surface area contributed by atoms with E-state index in [-0.39, 0.29) is 0 Å². The van der Waals surface area contributed by atoms with E-state index < -0.39 is 0 Å². The zero-order valence-electron chi connectivity index (χ0n) is 13.9. The van der Waals surface area contributed by atoms with E-state index in [9.17, 15) is 0 Å². The van der Waals surface area contributed by atoms with Crippen molar-refractivity contribution in [1.29, 1.82) is 0 Å². The third kappa shape index (κ3) is 3.18. The van der Waals surface area contributed by atoms with Crippen LogP contribution in [0.3, 0.4) is 0 Å². The number of ether oxygens (including phenoxy) is 1. The van der Waals surface area contributed by atoms with Crippen molar-refractivity contribution in [3.05, 3.63) is 42.6 Å². The third-order valence-electron chi connectivity index (χ3n) is 4.49. The molecule has 4 rings (SSSR count). The number of benzene rings is 1. The van der Waals surface area contributed by atoms with Gasteiger partial charge in [-0.25, -0.2) is 4.98 Å². The molecule has 0 radical (unpaired) electrons. The van der Waals surface area contributed by atoms with Gasteiger partial charge in [0.05, 0.1) is 23.7 Å². The Balaban J connectivity index is 1.49. The van der Waals surface area contributed by atoms with Gasteiger partial charge in [-0.15, -0.1) is 0 Å². The van der Waals surface area contributed by atoms with Crippen LogP contribution in [0.4, 0.5) is 5.82 Å². The van der Waals surface area contributed by atoms with E-state index >= 15 is 0 Å². The Labute approximate surface area is 141 Å². The van der Waals surface area contributed by atoms with Crippen LogP contribution < -0.4 is 5.32 Å². The van der Waals surface area contributed by atoms with Gasteiger partial charge in [0.2, 0.25) is 0 Å². The van der Waals surface area contributed by atoms with Crippen LogP contribution in [-0.4, -0.2) is 53.8 Å². The molecule has 0 saturated carbocycles. The van der Waals surface area contributed by atoms with E-state index in [0.29, 0.717) is 6.10 Å². The molecule has 3 aromatic rings. The maximum atomic E-state index is 5.58. The van der Waals surface area contributed by atoms with Gasteiger partial charge in [0.1, 0.15) is 5.82 Å². The fraction of sp³-hybridized carbons (Fsp3) is 0.368. The predicted octanol–water partition coefficient (Wildman–Crippen LogP) is 2.92. The van der Waals surface area contributed by atoms with Gasteiger partial charge in [-0.1, -0.05) is 18.2 Å². The Morgan fingerprint density at radius 2 is 2.00 bits per heavy atom. The van der Waals surface area contributed by atoms with Crippen LogP contribution in [0.25, 0.3) is 21.8 Å². The summed E-state index contributed by atoms with van der Waals surface area (Å²) < 4.78 is 5.58. The minimum Gasteiger partial charge on any atom is -0.376 e. The summed E-state index contributed by atoms with van der Waals surface area (Å²) in [5, 5.41) is 5.68. The quantitative estimate of drug-likeness (QED) is 0.749. The highest BCUT2D eigenvalue weighted by molar-refractivity contribution is 6.03. The number of morpholine rings is 1. The van der Waals surface area contributed by atoms with Gasteiger partial charge in [-0.05, 0) is 25.1 Å². The second-order valence-electron chi connectivity index (χ2n) is 6.32. The Morgan fingerprint density at radius 3 is 2.88 bits per heavy atom. The molecule has 124 valence electrons. The zero-order chi connectivity index (χ0) is 16.4. The van der Waals surface area contributed by atoms with Gasteiger partial charge in [-0.3, -0.25) is 9.88 Å². The van der Waals surface area contributed by atoms with Crippen LogP contribution in [-0.2, 0) is 4.74 Å². The predicted molar refractivity (Wildman–Crippen MR) is 97.4 cm³/mol. The summed E-state index contributed by atoms with van der Waals surface area (Å²) in [4.78, 5) is 11.7. The summed E-state index contributed by atoms with van der Waals surface area (Å²) in [7, 11) is 0. The molecule has 1 fully saturated rings. The van der Waals surface area contributed by atoms with Crippen LogP contribution in [0.1, 0.15) is 6.92 Å². The molecule has 1 saturated heterocycles. The number of fused-ring (bicyclic) bond motifs is 3. The van der Waals surface area contributed by atoms with Gasteiger partial charge in [0, 0.05) is 43.1 Å². The van der Waals surface area contributed by atoms with E-state index in [2.05, 4.69) is 46.4 Å². The second-order valence-corrected chi connectivity index (χ2v) is 6.32. The van der Waals surface area contributed by atoms with Gasteiger partial charge in [0.15, 0.2) is 0 Å². The van der Waals surface area contributed by atoms with Crippen LogP contribution in [0.15, 0.2) is 42.6 Å². The Hall–Kier alpha value is -2.24.